The van der Waals surface area contributed by atoms with E-state index in [1.165, 1.54) is 19.4 Å². The van der Waals surface area contributed by atoms with Gasteiger partial charge in [-0.25, -0.2) is 9.78 Å². The summed E-state index contributed by atoms with van der Waals surface area (Å²) in [7, 11) is 0. The van der Waals surface area contributed by atoms with Gasteiger partial charge in [0.1, 0.15) is 18.1 Å². The second-order valence-electron chi connectivity index (χ2n) is 8.21. The lowest BCUT2D eigenvalue weighted by Gasteiger charge is -2.24. The predicted molar refractivity (Wildman–Crippen MR) is 117 cm³/mol. The Morgan fingerprint density at radius 1 is 1.03 bits per heavy atom. The van der Waals surface area contributed by atoms with Crippen LogP contribution in [0, 0.1) is 5.92 Å². The summed E-state index contributed by atoms with van der Waals surface area (Å²) in [4.78, 5) is 66.8. The minimum Gasteiger partial charge on any atom is -0.480 e. The average molecular weight is 468 g/mol. The van der Waals surface area contributed by atoms with E-state index in [0.717, 1.165) is 0 Å². The number of nitrogens with two attached hydrogens (primary N) is 2. The van der Waals surface area contributed by atoms with Gasteiger partial charge >= 0.3 is 5.97 Å². The highest BCUT2D eigenvalue weighted by Gasteiger charge is 2.29. The number of rotatable bonds is 14. The molecule has 33 heavy (non-hydrogen) atoms. The molecule has 1 aromatic heterocycles. The molecular formula is C20H33N7O6. The van der Waals surface area contributed by atoms with E-state index < -0.39 is 53.8 Å². The molecule has 0 saturated heterocycles. The maximum atomic E-state index is 12.7. The van der Waals surface area contributed by atoms with Crippen LogP contribution in [0.4, 0.5) is 0 Å². The third kappa shape index (κ3) is 10.1. The van der Waals surface area contributed by atoms with E-state index in [2.05, 4.69) is 25.9 Å². The van der Waals surface area contributed by atoms with Crippen LogP contribution in [0.2, 0.25) is 0 Å². The van der Waals surface area contributed by atoms with Gasteiger partial charge in [0.25, 0.3) is 0 Å². The number of H-pyrrole nitrogens is 1. The minimum absolute atomic E-state index is 0.00809. The maximum Gasteiger partial charge on any atom is 0.326 e. The fourth-order valence-corrected chi connectivity index (χ4v) is 2.93. The Hall–Kier alpha value is -3.48. The smallest absolute Gasteiger partial charge is 0.326 e. The third-order valence-electron chi connectivity index (χ3n) is 4.72. The number of aliphatic carboxylic acids is 1. The van der Waals surface area contributed by atoms with Gasteiger partial charge in [-0.15, -0.1) is 0 Å². The van der Waals surface area contributed by atoms with E-state index in [1.807, 2.05) is 0 Å². The van der Waals surface area contributed by atoms with Gasteiger partial charge in [-0.05, 0) is 25.7 Å². The van der Waals surface area contributed by atoms with Gasteiger partial charge in [0.15, 0.2) is 0 Å². The van der Waals surface area contributed by atoms with Crippen LogP contribution in [0.5, 0.6) is 0 Å². The van der Waals surface area contributed by atoms with Crippen molar-refractivity contribution in [1.82, 2.24) is 25.9 Å². The number of primary amides is 1. The minimum atomic E-state index is -1.22. The van der Waals surface area contributed by atoms with Gasteiger partial charge < -0.3 is 37.5 Å². The number of hydrogen-bond acceptors (Lipinski definition) is 7. The molecule has 13 heteroatoms. The summed E-state index contributed by atoms with van der Waals surface area (Å²) in [5, 5.41) is 16.6. The first-order valence-corrected chi connectivity index (χ1v) is 10.6. The van der Waals surface area contributed by atoms with Gasteiger partial charge in [-0.3, -0.25) is 19.2 Å². The highest BCUT2D eigenvalue weighted by molar-refractivity contribution is 5.94. The number of aromatic nitrogens is 2. The summed E-state index contributed by atoms with van der Waals surface area (Å²) in [5.41, 5.74) is 11.6. The van der Waals surface area contributed by atoms with Gasteiger partial charge in [-0.1, -0.05) is 13.8 Å². The Morgan fingerprint density at radius 3 is 2.18 bits per heavy atom. The van der Waals surface area contributed by atoms with Crippen LogP contribution >= 0.6 is 0 Å². The van der Waals surface area contributed by atoms with Gasteiger partial charge in [0, 0.05) is 24.7 Å². The number of carboxylic acids is 1. The normalized spacial score (nSPS) is 14.6. The molecule has 4 atom stereocenters. The van der Waals surface area contributed by atoms with Gasteiger partial charge in [-0.2, -0.15) is 0 Å². The number of carboxylic acid groups (broad SMARTS) is 1. The lowest BCUT2D eigenvalue weighted by atomic mass is 10.0. The molecule has 9 N–H and O–H groups in total. The SMILES string of the molecule is CC(C)CC(NC(=O)C(CCC(N)=O)NC(=O)C(C)NC(=O)C(N)Cc1cnc[nH]1)C(=O)O. The van der Waals surface area contributed by atoms with Crippen molar-refractivity contribution in [3.8, 4) is 0 Å². The first-order chi connectivity index (χ1) is 15.4. The molecule has 1 heterocycles. The zero-order chi connectivity index (χ0) is 25.1. The standard InChI is InChI=1S/C20H33N7O6/c1-10(2)6-15(20(32)33)27-19(31)14(4-5-16(22)28)26-17(29)11(3)25-18(30)13(21)7-12-8-23-9-24-12/h8-11,13-15H,4-7,21H2,1-3H3,(H2,22,28)(H,23,24)(H,25,30)(H,26,29)(H,27,31)(H,32,33). The highest BCUT2D eigenvalue weighted by Crippen LogP contribution is 2.07. The molecule has 4 amide bonds. The highest BCUT2D eigenvalue weighted by atomic mass is 16.4. The van der Waals surface area contributed by atoms with E-state index in [1.54, 1.807) is 13.8 Å². The van der Waals surface area contributed by atoms with Crippen molar-refractivity contribution in [2.75, 3.05) is 0 Å². The van der Waals surface area contributed by atoms with Crippen LogP contribution in [0.3, 0.4) is 0 Å². The number of imidazole rings is 1. The monoisotopic (exact) mass is 467 g/mol. The summed E-state index contributed by atoms with van der Waals surface area (Å²) in [6.07, 6.45) is 2.98. The third-order valence-corrected chi connectivity index (χ3v) is 4.72. The Balaban J connectivity index is 2.77. The Morgan fingerprint density at radius 2 is 1.67 bits per heavy atom. The molecule has 0 fully saturated rings. The molecule has 0 aromatic carbocycles. The quantitative estimate of drug-likeness (QED) is 0.164. The molecule has 0 saturated carbocycles. The molecule has 13 nitrogen and oxygen atoms in total. The molecule has 0 radical (unpaired) electrons. The van der Waals surface area contributed by atoms with Crippen LogP contribution in [0.25, 0.3) is 0 Å². The zero-order valence-electron chi connectivity index (χ0n) is 19.0. The first kappa shape index (κ1) is 27.6. The molecule has 1 rings (SSSR count). The number of nitrogens with one attached hydrogen (secondary N) is 4. The van der Waals surface area contributed by atoms with E-state index in [-0.39, 0.29) is 31.6 Å². The molecule has 0 aliphatic heterocycles. The van der Waals surface area contributed by atoms with E-state index in [4.69, 9.17) is 11.5 Å². The van der Waals surface area contributed by atoms with Gasteiger partial charge in [0.05, 0.1) is 12.4 Å². The van der Waals surface area contributed by atoms with Gasteiger partial charge in [0.2, 0.25) is 23.6 Å². The largest absolute Gasteiger partial charge is 0.480 e. The maximum absolute atomic E-state index is 12.7. The van der Waals surface area contributed by atoms with Crippen LogP contribution in [0.15, 0.2) is 12.5 Å². The van der Waals surface area contributed by atoms with Crippen LogP contribution in [-0.2, 0) is 30.4 Å². The molecule has 0 aliphatic rings. The number of hydrogen-bond donors (Lipinski definition) is 7. The summed E-state index contributed by atoms with van der Waals surface area (Å²) < 4.78 is 0. The van der Waals surface area contributed by atoms with Crippen LogP contribution in [-0.4, -0.2) is 68.8 Å². The summed E-state index contributed by atoms with van der Waals surface area (Å²) in [6, 6.07) is -4.39. The zero-order valence-corrected chi connectivity index (χ0v) is 19.0. The van der Waals surface area contributed by atoms with Crippen molar-refractivity contribution in [2.45, 2.75) is 70.6 Å². The summed E-state index contributed by atoms with van der Waals surface area (Å²) >= 11 is 0. The molecule has 4 unspecified atom stereocenters. The van der Waals surface area contributed by atoms with Crippen molar-refractivity contribution in [1.29, 1.82) is 0 Å². The number of amides is 4. The van der Waals surface area contributed by atoms with Crippen molar-refractivity contribution >= 4 is 29.6 Å². The van der Waals surface area contributed by atoms with Crippen LogP contribution < -0.4 is 27.4 Å². The number of carbonyl (C=O) groups is 5. The lowest BCUT2D eigenvalue weighted by Crippen LogP contribution is -2.56. The number of carbonyl (C=O) groups excluding carboxylic acids is 4. The van der Waals surface area contributed by atoms with Crippen molar-refractivity contribution in [3.05, 3.63) is 18.2 Å². The Kier molecular flexibility index (Phi) is 11.0. The van der Waals surface area contributed by atoms with Crippen molar-refractivity contribution in [2.24, 2.45) is 17.4 Å². The molecule has 0 aliphatic carbocycles. The second kappa shape index (κ2) is 13.2. The van der Waals surface area contributed by atoms with Crippen LogP contribution in [0.1, 0.15) is 45.7 Å². The summed E-state index contributed by atoms with van der Waals surface area (Å²) in [6.45, 7) is 5.00. The first-order valence-electron chi connectivity index (χ1n) is 10.6. The number of nitrogens with zero attached hydrogens (tertiary/aromatic N) is 1. The fraction of sp³-hybridized carbons (Fsp3) is 0.600. The molecule has 184 valence electrons. The summed E-state index contributed by atoms with van der Waals surface area (Å²) in [5.74, 6) is -3.99. The van der Waals surface area contributed by atoms with Crippen molar-refractivity contribution in [3.63, 3.8) is 0 Å². The lowest BCUT2D eigenvalue weighted by molar-refractivity contribution is -0.143. The Bertz CT molecular complexity index is 827. The van der Waals surface area contributed by atoms with Crippen molar-refractivity contribution < 1.29 is 29.1 Å². The average Bonchev–Trinajstić information content (AvgIpc) is 3.22. The van der Waals surface area contributed by atoms with E-state index >= 15 is 0 Å². The molecule has 0 bridgehead atoms. The topological polar surface area (TPSA) is 222 Å². The Labute approximate surface area is 191 Å². The molecule has 0 spiro atoms. The fourth-order valence-electron chi connectivity index (χ4n) is 2.93. The second-order valence-corrected chi connectivity index (χ2v) is 8.21. The number of aromatic amines is 1. The molecular weight excluding hydrogens is 434 g/mol. The predicted octanol–water partition coefficient (Wildman–Crippen LogP) is -1.85. The van der Waals surface area contributed by atoms with E-state index in [0.29, 0.717) is 5.69 Å². The molecule has 1 aromatic rings. The van der Waals surface area contributed by atoms with E-state index in [9.17, 15) is 29.1 Å².